The SMILES string of the molecule is CCc1nn(Cc2ccccc2Cl)c(CC)c1CC(C)N. The quantitative estimate of drug-likeness (QED) is 0.886. The van der Waals surface area contributed by atoms with Crippen LogP contribution in [0.4, 0.5) is 0 Å². The second-order valence-electron chi connectivity index (χ2n) is 5.51. The second kappa shape index (κ2) is 7.10. The summed E-state index contributed by atoms with van der Waals surface area (Å²) in [5.41, 5.74) is 10.9. The zero-order valence-electron chi connectivity index (χ0n) is 13.1. The van der Waals surface area contributed by atoms with Gasteiger partial charge in [-0.15, -0.1) is 0 Å². The van der Waals surface area contributed by atoms with Crippen molar-refractivity contribution in [3.63, 3.8) is 0 Å². The fourth-order valence-electron chi connectivity index (χ4n) is 2.75. The van der Waals surface area contributed by atoms with Gasteiger partial charge < -0.3 is 5.73 Å². The van der Waals surface area contributed by atoms with Gasteiger partial charge in [0.1, 0.15) is 0 Å². The van der Waals surface area contributed by atoms with Crippen LogP contribution >= 0.6 is 11.6 Å². The van der Waals surface area contributed by atoms with E-state index in [0.29, 0.717) is 0 Å². The number of hydrogen-bond donors (Lipinski definition) is 1. The standard InChI is InChI=1S/C17H24ClN3/c1-4-16-14(10-12(3)19)17(5-2)21(20-16)11-13-8-6-7-9-15(13)18/h6-9,12H,4-5,10-11,19H2,1-3H3. The Bertz CT molecular complexity index is 602. The Hall–Kier alpha value is -1.32. The third-order valence-electron chi connectivity index (χ3n) is 3.72. The molecule has 1 unspecified atom stereocenters. The summed E-state index contributed by atoms with van der Waals surface area (Å²) in [6.07, 6.45) is 2.78. The largest absolute Gasteiger partial charge is 0.328 e. The maximum absolute atomic E-state index is 6.27. The summed E-state index contributed by atoms with van der Waals surface area (Å²) in [5, 5.41) is 5.58. The second-order valence-corrected chi connectivity index (χ2v) is 5.92. The van der Waals surface area contributed by atoms with E-state index in [1.807, 2.05) is 25.1 Å². The van der Waals surface area contributed by atoms with Gasteiger partial charge in [0.15, 0.2) is 0 Å². The van der Waals surface area contributed by atoms with Crippen molar-refractivity contribution in [1.82, 2.24) is 9.78 Å². The van der Waals surface area contributed by atoms with Gasteiger partial charge >= 0.3 is 0 Å². The molecule has 0 saturated heterocycles. The van der Waals surface area contributed by atoms with Crippen LogP contribution < -0.4 is 5.73 Å². The van der Waals surface area contributed by atoms with E-state index in [0.717, 1.165) is 42.1 Å². The Kier molecular flexibility index (Phi) is 5.43. The lowest BCUT2D eigenvalue weighted by Gasteiger charge is -2.10. The molecule has 1 atom stereocenters. The molecule has 2 aromatic rings. The normalized spacial score (nSPS) is 12.6. The molecule has 0 aliphatic carbocycles. The predicted octanol–water partition coefficient (Wildman–Crippen LogP) is 3.60. The molecule has 0 fully saturated rings. The Labute approximate surface area is 132 Å². The van der Waals surface area contributed by atoms with Gasteiger partial charge in [0, 0.05) is 16.8 Å². The summed E-state index contributed by atoms with van der Waals surface area (Å²) in [5.74, 6) is 0. The average Bonchev–Trinajstić information content (AvgIpc) is 2.77. The van der Waals surface area contributed by atoms with E-state index in [-0.39, 0.29) is 6.04 Å². The number of nitrogens with two attached hydrogens (primary N) is 1. The first-order chi connectivity index (χ1) is 10.1. The van der Waals surface area contributed by atoms with Crippen LogP contribution in [0, 0.1) is 0 Å². The summed E-state index contributed by atoms with van der Waals surface area (Å²) < 4.78 is 2.09. The van der Waals surface area contributed by atoms with E-state index < -0.39 is 0 Å². The topological polar surface area (TPSA) is 43.8 Å². The Morgan fingerprint density at radius 1 is 1.24 bits per heavy atom. The van der Waals surface area contributed by atoms with E-state index in [2.05, 4.69) is 24.6 Å². The first-order valence-electron chi connectivity index (χ1n) is 7.63. The summed E-state index contributed by atoms with van der Waals surface area (Å²) in [4.78, 5) is 0. The number of nitrogens with zero attached hydrogens (tertiary/aromatic N) is 2. The average molecular weight is 306 g/mol. The van der Waals surface area contributed by atoms with Crippen LogP contribution in [0.5, 0.6) is 0 Å². The minimum atomic E-state index is 0.151. The van der Waals surface area contributed by atoms with Crippen LogP contribution in [-0.4, -0.2) is 15.8 Å². The zero-order chi connectivity index (χ0) is 15.4. The first-order valence-corrected chi connectivity index (χ1v) is 8.01. The predicted molar refractivity (Wildman–Crippen MR) is 88.9 cm³/mol. The fourth-order valence-corrected chi connectivity index (χ4v) is 2.94. The van der Waals surface area contributed by atoms with Gasteiger partial charge in [-0.05, 0) is 43.4 Å². The molecule has 1 heterocycles. The van der Waals surface area contributed by atoms with Crippen LogP contribution in [0.2, 0.25) is 5.02 Å². The molecule has 0 bridgehead atoms. The van der Waals surface area contributed by atoms with Gasteiger partial charge in [-0.25, -0.2) is 0 Å². The number of aryl methyl sites for hydroxylation is 1. The number of hydrogen-bond acceptors (Lipinski definition) is 2. The lowest BCUT2D eigenvalue weighted by atomic mass is 10.0. The van der Waals surface area contributed by atoms with Crippen LogP contribution in [0.25, 0.3) is 0 Å². The van der Waals surface area contributed by atoms with Crippen molar-refractivity contribution in [2.45, 2.75) is 52.6 Å². The molecule has 0 spiro atoms. The highest BCUT2D eigenvalue weighted by molar-refractivity contribution is 6.31. The summed E-state index contributed by atoms with van der Waals surface area (Å²) in [7, 11) is 0. The van der Waals surface area contributed by atoms with Crippen LogP contribution in [0.3, 0.4) is 0 Å². The highest BCUT2D eigenvalue weighted by Gasteiger charge is 2.17. The Balaban J connectivity index is 2.39. The maximum Gasteiger partial charge on any atom is 0.0677 e. The molecule has 1 aromatic heterocycles. The first kappa shape index (κ1) is 16.1. The molecule has 4 heteroatoms. The van der Waals surface area contributed by atoms with Crippen molar-refractivity contribution in [3.8, 4) is 0 Å². The Morgan fingerprint density at radius 2 is 1.95 bits per heavy atom. The number of halogens is 1. The van der Waals surface area contributed by atoms with E-state index in [9.17, 15) is 0 Å². The monoisotopic (exact) mass is 305 g/mol. The van der Waals surface area contributed by atoms with Gasteiger partial charge in [0.05, 0.1) is 12.2 Å². The molecule has 0 aliphatic heterocycles. The Morgan fingerprint density at radius 3 is 2.52 bits per heavy atom. The third kappa shape index (κ3) is 3.66. The molecule has 0 aliphatic rings. The van der Waals surface area contributed by atoms with Gasteiger partial charge in [-0.3, -0.25) is 4.68 Å². The zero-order valence-corrected chi connectivity index (χ0v) is 13.8. The molecule has 0 radical (unpaired) electrons. The van der Waals surface area contributed by atoms with Crippen molar-refractivity contribution in [1.29, 1.82) is 0 Å². The van der Waals surface area contributed by atoms with Gasteiger partial charge in [0.2, 0.25) is 0 Å². The lowest BCUT2D eigenvalue weighted by molar-refractivity contribution is 0.637. The number of aromatic nitrogens is 2. The van der Waals surface area contributed by atoms with Crippen molar-refractivity contribution in [3.05, 3.63) is 51.8 Å². The molecule has 21 heavy (non-hydrogen) atoms. The molecule has 114 valence electrons. The van der Waals surface area contributed by atoms with Gasteiger partial charge in [-0.1, -0.05) is 43.6 Å². The molecule has 1 aromatic carbocycles. The summed E-state index contributed by atoms with van der Waals surface area (Å²) >= 11 is 6.27. The van der Waals surface area contributed by atoms with E-state index in [4.69, 9.17) is 22.4 Å². The summed E-state index contributed by atoms with van der Waals surface area (Å²) in [6, 6.07) is 8.10. The van der Waals surface area contributed by atoms with Gasteiger partial charge in [-0.2, -0.15) is 5.10 Å². The van der Waals surface area contributed by atoms with Crippen LogP contribution in [0.15, 0.2) is 24.3 Å². The maximum atomic E-state index is 6.27. The van der Waals surface area contributed by atoms with Crippen molar-refractivity contribution in [2.75, 3.05) is 0 Å². The molecule has 0 saturated carbocycles. The lowest BCUT2D eigenvalue weighted by Crippen LogP contribution is -2.19. The van der Waals surface area contributed by atoms with Crippen LogP contribution in [-0.2, 0) is 25.8 Å². The summed E-state index contributed by atoms with van der Waals surface area (Å²) in [6.45, 7) is 7.08. The van der Waals surface area contributed by atoms with Gasteiger partial charge in [0.25, 0.3) is 0 Å². The molecule has 0 amide bonds. The number of rotatable bonds is 6. The molecule has 2 N–H and O–H groups in total. The minimum absolute atomic E-state index is 0.151. The van der Waals surface area contributed by atoms with Crippen molar-refractivity contribution >= 4 is 11.6 Å². The van der Waals surface area contributed by atoms with E-state index >= 15 is 0 Å². The molecular weight excluding hydrogens is 282 g/mol. The van der Waals surface area contributed by atoms with Crippen molar-refractivity contribution < 1.29 is 0 Å². The molecule has 2 rings (SSSR count). The minimum Gasteiger partial charge on any atom is -0.328 e. The number of benzene rings is 1. The highest BCUT2D eigenvalue weighted by atomic mass is 35.5. The molecular formula is C17H24ClN3. The molecule has 3 nitrogen and oxygen atoms in total. The van der Waals surface area contributed by atoms with E-state index in [1.165, 1.54) is 11.3 Å². The fraction of sp³-hybridized carbons (Fsp3) is 0.471. The third-order valence-corrected chi connectivity index (χ3v) is 4.09. The van der Waals surface area contributed by atoms with Crippen molar-refractivity contribution in [2.24, 2.45) is 5.73 Å². The van der Waals surface area contributed by atoms with E-state index in [1.54, 1.807) is 0 Å². The smallest absolute Gasteiger partial charge is 0.0677 e. The van der Waals surface area contributed by atoms with Crippen LogP contribution in [0.1, 0.15) is 43.3 Å². The highest BCUT2D eigenvalue weighted by Crippen LogP contribution is 2.22.